The van der Waals surface area contributed by atoms with E-state index in [0.717, 1.165) is 26.9 Å². The van der Waals surface area contributed by atoms with Crippen molar-refractivity contribution in [3.63, 3.8) is 0 Å². The number of rotatable bonds is 3. The van der Waals surface area contributed by atoms with E-state index in [1.54, 1.807) is 6.33 Å². The molecule has 0 radical (unpaired) electrons. The Hall–Kier alpha value is -2.70. The Labute approximate surface area is 188 Å². The van der Waals surface area contributed by atoms with E-state index in [1.165, 1.54) is 0 Å². The van der Waals surface area contributed by atoms with Crippen LogP contribution in [0.4, 0.5) is 11.5 Å². The highest BCUT2D eigenvalue weighted by molar-refractivity contribution is 9.10. The van der Waals surface area contributed by atoms with Gasteiger partial charge in [0, 0.05) is 42.0 Å². The summed E-state index contributed by atoms with van der Waals surface area (Å²) in [5, 5.41) is 9.33. The number of benzene rings is 1. The summed E-state index contributed by atoms with van der Waals surface area (Å²) >= 11 is 3.42. The molecular weight excluding hydrogens is 484 g/mol. The van der Waals surface area contributed by atoms with Gasteiger partial charge < -0.3 is 20.1 Å². The van der Waals surface area contributed by atoms with Crippen molar-refractivity contribution in [3.8, 4) is 0 Å². The Morgan fingerprint density at radius 2 is 2.16 bits per heavy atom. The molecule has 10 nitrogen and oxygen atoms in total. The van der Waals surface area contributed by atoms with Gasteiger partial charge in [0.25, 0.3) is 0 Å². The molecule has 1 unspecified atom stereocenters. The van der Waals surface area contributed by atoms with Gasteiger partial charge in [0.15, 0.2) is 0 Å². The maximum absolute atomic E-state index is 11.8. The van der Waals surface area contributed by atoms with Gasteiger partial charge >= 0.3 is 10.2 Å². The normalized spacial score (nSPS) is 17.9. The summed E-state index contributed by atoms with van der Waals surface area (Å²) in [6, 6.07) is 7.34. The van der Waals surface area contributed by atoms with Crippen molar-refractivity contribution >= 4 is 54.6 Å². The Balaban J connectivity index is 1.60. The fourth-order valence-electron chi connectivity index (χ4n) is 3.76. The van der Waals surface area contributed by atoms with Crippen molar-refractivity contribution < 1.29 is 8.42 Å². The number of fused-ring (bicyclic) bond motifs is 1. The quantitative estimate of drug-likeness (QED) is 0.366. The molecule has 1 aromatic carbocycles. The number of guanidine groups is 1. The fraction of sp³-hybridized carbons (Fsp3) is 0.316. The van der Waals surface area contributed by atoms with Gasteiger partial charge in [0.1, 0.15) is 17.8 Å². The molecule has 31 heavy (non-hydrogen) atoms. The lowest BCUT2D eigenvalue weighted by molar-refractivity contribution is 0.297. The number of halogens is 1. The molecule has 4 N–H and O–H groups in total. The second kappa shape index (κ2) is 8.44. The molecule has 0 amide bonds. The number of aryl methyl sites for hydroxylation is 1. The SMILES string of the molecule is Cc1c[nH]c2ncnc(N3CCN(C(=NS(N)(=O)=O)Nc4cccc(Br)c4)C(C)C3)c12. The molecule has 12 heteroatoms. The minimum Gasteiger partial charge on any atom is -0.352 e. The van der Waals surface area contributed by atoms with Crippen molar-refractivity contribution in [2.24, 2.45) is 9.54 Å². The number of nitrogens with one attached hydrogen (secondary N) is 2. The summed E-state index contributed by atoms with van der Waals surface area (Å²) in [5.74, 6) is 1.05. The Kier molecular flexibility index (Phi) is 5.86. The van der Waals surface area contributed by atoms with E-state index in [1.807, 2.05) is 49.2 Å². The Morgan fingerprint density at radius 1 is 1.35 bits per heavy atom. The summed E-state index contributed by atoms with van der Waals surface area (Å²) in [7, 11) is -4.09. The summed E-state index contributed by atoms with van der Waals surface area (Å²) in [4.78, 5) is 16.1. The third-order valence-corrected chi connectivity index (χ3v) is 6.06. The minimum absolute atomic E-state index is 0.0573. The lowest BCUT2D eigenvalue weighted by Gasteiger charge is -2.41. The van der Waals surface area contributed by atoms with Crippen LogP contribution in [0.2, 0.25) is 0 Å². The zero-order chi connectivity index (χ0) is 22.2. The van der Waals surface area contributed by atoms with E-state index in [0.29, 0.717) is 25.3 Å². The smallest absolute Gasteiger partial charge is 0.320 e. The molecule has 1 aliphatic rings. The molecule has 2 aromatic heterocycles. The van der Waals surface area contributed by atoms with Crippen LogP contribution in [0.25, 0.3) is 11.0 Å². The lowest BCUT2D eigenvalue weighted by Crippen LogP contribution is -2.56. The summed E-state index contributed by atoms with van der Waals surface area (Å²) < 4.78 is 28.2. The molecule has 0 bridgehead atoms. The second-order valence-electron chi connectivity index (χ2n) is 7.45. The third-order valence-electron chi connectivity index (χ3n) is 5.14. The molecule has 3 heterocycles. The molecule has 164 valence electrons. The summed E-state index contributed by atoms with van der Waals surface area (Å²) in [6.07, 6.45) is 3.47. The summed E-state index contributed by atoms with van der Waals surface area (Å²) in [6.45, 7) is 5.82. The van der Waals surface area contributed by atoms with Gasteiger partial charge in [-0.25, -0.2) is 15.1 Å². The Bertz CT molecular complexity index is 1240. The van der Waals surface area contributed by atoms with Crippen LogP contribution >= 0.6 is 15.9 Å². The first-order chi connectivity index (χ1) is 14.7. The number of anilines is 2. The number of hydrogen-bond acceptors (Lipinski definition) is 5. The molecule has 4 rings (SSSR count). The van der Waals surface area contributed by atoms with Crippen LogP contribution in [0, 0.1) is 6.92 Å². The number of H-pyrrole nitrogens is 1. The maximum Gasteiger partial charge on any atom is 0.320 e. The first-order valence-electron chi connectivity index (χ1n) is 9.67. The fourth-order valence-corrected chi connectivity index (χ4v) is 4.56. The highest BCUT2D eigenvalue weighted by Gasteiger charge is 2.29. The van der Waals surface area contributed by atoms with Crippen molar-refractivity contribution in [2.45, 2.75) is 19.9 Å². The first kappa shape index (κ1) is 21.5. The number of nitrogens with zero attached hydrogens (tertiary/aromatic N) is 5. The van der Waals surface area contributed by atoms with Gasteiger partial charge in [-0.2, -0.15) is 8.42 Å². The van der Waals surface area contributed by atoms with Crippen LogP contribution < -0.4 is 15.4 Å². The van der Waals surface area contributed by atoms with Gasteiger partial charge in [-0.3, -0.25) is 0 Å². The van der Waals surface area contributed by atoms with Crippen LogP contribution in [-0.2, 0) is 10.2 Å². The van der Waals surface area contributed by atoms with Crippen LogP contribution in [0.5, 0.6) is 0 Å². The zero-order valence-corrected chi connectivity index (χ0v) is 19.5. The van der Waals surface area contributed by atoms with Crippen molar-refractivity contribution in [1.29, 1.82) is 0 Å². The van der Waals surface area contributed by atoms with Crippen LogP contribution in [0.15, 0.2) is 45.7 Å². The van der Waals surface area contributed by atoms with Gasteiger partial charge in [-0.1, -0.05) is 22.0 Å². The highest BCUT2D eigenvalue weighted by atomic mass is 79.9. The van der Waals surface area contributed by atoms with Gasteiger partial charge in [0.2, 0.25) is 5.96 Å². The van der Waals surface area contributed by atoms with E-state index in [-0.39, 0.29) is 12.0 Å². The predicted molar refractivity (Wildman–Crippen MR) is 125 cm³/mol. The van der Waals surface area contributed by atoms with Gasteiger partial charge in [-0.15, -0.1) is 4.40 Å². The number of hydrogen-bond donors (Lipinski definition) is 3. The molecule has 1 atom stereocenters. The molecular formula is C19H23BrN8O2S. The standard InChI is InChI=1S/C19H23BrN8O2S/c1-12-9-22-17-16(12)18(24-11-23-17)27-6-7-28(13(2)10-27)19(26-31(21,29)30)25-15-5-3-4-14(20)8-15/h3-5,8-9,11,13H,6-7,10H2,1-2H3,(H,25,26)(H2,21,29,30)(H,22,23,24). The average Bonchev–Trinajstić information content (AvgIpc) is 3.08. The predicted octanol–water partition coefficient (Wildman–Crippen LogP) is 2.21. The van der Waals surface area contributed by atoms with Crippen molar-refractivity contribution in [3.05, 3.63) is 46.8 Å². The van der Waals surface area contributed by atoms with Gasteiger partial charge in [0.05, 0.1) is 5.39 Å². The number of aromatic amines is 1. The largest absolute Gasteiger partial charge is 0.352 e. The molecule has 3 aromatic rings. The second-order valence-corrected chi connectivity index (χ2v) is 9.57. The lowest BCUT2D eigenvalue weighted by atomic mass is 10.1. The van der Waals surface area contributed by atoms with Crippen molar-refractivity contribution in [2.75, 3.05) is 29.9 Å². The average molecular weight is 507 g/mol. The molecule has 1 aliphatic heterocycles. The molecule has 1 fully saturated rings. The van der Waals surface area contributed by atoms with E-state index < -0.39 is 10.2 Å². The summed E-state index contributed by atoms with van der Waals surface area (Å²) in [5.41, 5.74) is 2.57. The zero-order valence-electron chi connectivity index (χ0n) is 17.1. The van der Waals surface area contributed by atoms with E-state index in [4.69, 9.17) is 5.14 Å². The maximum atomic E-state index is 11.8. The third kappa shape index (κ3) is 4.81. The number of piperazine rings is 1. The Morgan fingerprint density at radius 3 is 2.87 bits per heavy atom. The van der Waals surface area contributed by atoms with E-state index in [2.05, 4.69) is 45.5 Å². The van der Waals surface area contributed by atoms with E-state index in [9.17, 15) is 8.42 Å². The number of aromatic nitrogens is 3. The van der Waals surface area contributed by atoms with Crippen LogP contribution in [-0.4, -0.2) is 59.9 Å². The number of nitrogens with two attached hydrogens (primary N) is 1. The molecule has 0 saturated carbocycles. The highest BCUT2D eigenvalue weighted by Crippen LogP contribution is 2.28. The van der Waals surface area contributed by atoms with Crippen molar-refractivity contribution in [1.82, 2.24) is 19.9 Å². The monoisotopic (exact) mass is 506 g/mol. The van der Waals surface area contributed by atoms with E-state index >= 15 is 0 Å². The molecule has 0 aliphatic carbocycles. The van der Waals surface area contributed by atoms with Gasteiger partial charge in [-0.05, 0) is 37.6 Å². The minimum atomic E-state index is -4.09. The van der Waals surface area contributed by atoms with Crippen LogP contribution in [0.1, 0.15) is 12.5 Å². The van der Waals surface area contributed by atoms with Crippen LogP contribution in [0.3, 0.4) is 0 Å². The first-order valence-corrected chi connectivity index (χ1v) is 12.0. The molecule has 0 spiro atoms. The molecule has 1 saturated heterocycles. The topological polar surface area (TPSA) is 133 Å².